The van der Waals surface area contributed by atoms with Gasteiger partial charge >= 0.3 is 12.1 Å². The Bertz CT molecular complexity index is 1470. The molecule has 1 aliphatic rings. The van der Waals surface area contributed by atoms with Gasteiger partial charge in [-0.1, -0.05) is 84.4 Å². The Morgan fingerprint density at radius 2 is 1.64 bits per heavy atom. The van der Waals surface area contributed by atoms with Crippen LogP contribution in [0.25, 0.3) is 0 Å². The molecule has 1 heterocycles. The number of hydrogen-bond acceptors (Lipinski definition) is 5. The summed E-state index contributed by atoms with van der Waals surface area (Å²) in [6.45, 7) is 2.71. The second-order valence-corrected chi connectivity index (χ2v) is 13.4. The van der Waals surface area contributed by atoms with Gasteiger partial charge in [-0.3, -0.25) is 9.69 Å². The summed E-state index contributed by atoms with van der Waals surface area (Å²) >= 11 is 6.32. The zero-order valence-corrected chi connectivity index (χ0v) is 26.0. The molecule has 7 nitrogen and oxygen atoms in total. The fraction of sp³-hybridized carbons (Fsp3) is 0.406. The van der Waals surface area contributed by atoms with Crippen LogP contribution in [0.3, 0.4) is 0 Å². The predicted octanol–water partition coefficient (Wildman–Crippen LogP) is 6.28. The number of nitrogens with zero attached hydrogens (tertiary/aromatic N) is 2. The van der Waals surface area contributed by atoms with Gasteiger partial charge in [0.1, 0.15) is 6.04 Å². The standard InChI is InChI=1S/C32H36ClF3N2O5S/c1-22(16-17-43-26-18-29(31(39)40)38(20-26)44(2,41)42)37(19-25-14-9-15-28(30(25)33)32(34,35)36)21-27(23-10-5-3-6-11-23)24-12-7-4-8-13-24/h3-15,22,26-27,29H,16-21H2,1-2H3,(H,39,40)/t22-,26+,29+/m1/s1. The van der Waals surface area contributed by atoms with Gasteiger partial charge in [0.25, 0.3) is 0 Å². The molecule has 3 aromatic carbocycles. The molecular weight excluding hydrogens is 617 g/mol. The highest BCUT2D eigenvalue weighted by atomic mass is 35.5. The Kier molecular flexibility index (Phi) is 11.1. The van der Waals surface area contributed by atoms with Crippen LogP contribution in [0.15, 0.2) is 78.9 Å². The molecule has 0 saturated carbocycles. The summed E-state index contributed by atoms with van der Waals surface area (Å²) in [5.41, 5.74) is 1.56. The van der Waals surface area contributed by atoms with Crippen LogP contribution in [0.2, 0.25) is 5.02 Å². The van der Waals surface area contributed by atoms with E-state index in [0.717, 1.165) is 27.8 Å². The highest BCUT2D eigenvalue weighted by Crippen LogP contribution is 2.37. The number of ether oxygens (including phenoxy) is 1. The van der Waals surface area contributed by atoms with Crippen LogP contribution in [-0.2, 0) is 32.3 Å². The molecule has 1 N–H and O–H groups in total. The molecule has 3 atom stereocenters. The van der Waals surface area contributed by atoms with Crippen LogP contribution >= 0.6 is 11.6 Å². The predicted molar refractivity (Wildman–Crippen MR) is 163 cm³/mol. The third-order valence-corrected chi connectivity index (χ3v) is 9.72. The van der Waals surface area contributed by atoms with Crippen molar-refractivity contribution in [3.63, 3.8) is 0 Å². The molecule has 0 spiro atoms. The Morgan fingerprint density at radius 1 is 1.05 bits per heavy atom. The van der Waals surface area contributed by atoms with Crippen molar-refractivity contribution in [3.8, 4) is 0 Å². The smallest absolute Gasteiger partial charge is 0.417 e. The molecule has 1 saturated heterocycles. The number of carboxylic acid groups (broad SMARTS) is 1. The number of alkyl halides is 3. The SMILES string of the molecule is C[C@H](CCO[C@H]1C[C@@H](C(=O)O)N(S(C)(=O)=O)C1)N(Cc1cccc(C(F)(F)F)c1Cl)CC(c1ccccc1)c1ccccc1. The molecule has 44 heavy (non-hydrogen) atoms. The quantitative estimate of drug-likeness (QED) is 0.234. The molecule has 0 aliphatic carbocycles. The van der Waals surface area contributed by atoms with E-state index in [1.54, 1.807) is 6.07 Å². The van der Waals surface area contributed by atoms with Gasteiger partial charge in [0, 0.05) is 44.6 Å². The first kappa shape index (κ1) is 33.9. The van der Waals surface area contributed by atoms with Crippen molar-refractivity contribution in [2.75, 3.05) is 26.0 Å². The normalized spacial score (nSPS) is 18.6. The Hall–Kier alpha value is -2.96. The van der Waals surface area contributed by atoms with E-state index in [9.17, 15) is 31.5 Å². The number of rotatable bonds is 13. The van der Waals surface area contributed by atoms with E-state index in [4.69, 9.17) is 16.3 Å². The van der Waals surface area contributed by atoms with Crippen LogP contribution in [-0.4, -0.2) is 72.8 Å². The maximum absolute atomic E-state index is 13.7. The van der Waals surface area contributed by atoms with Crippen LogP contribution in [0, 0.1) is 0 Å². The summed E-state index contributed by atoms with van der Waals surface area (Å²) in [5.74, 6) is -1.33. The molecule has 1 fully saturated rings. The minimum atomic E-state index is -4.59. The van der Waals surface area contributed by atoms with Crippen LogP contribution in [0.5, 0.6) is 0 Å². The minimum Gasteiger partial charge on any atom is -0.480 e. The van der Waals surface area contributed by atoms with Crippen molar-refractivity contribution in [2.45, 2.75) is 56.6 Å². The summed E-state index contributed by atoms with van der Waals surface area (Å²) in [7, 11) is -3.73. The molecule has 0 amide bonds. The van der Waals surface area contributed by atoms with Gasteiger partial charge in [0.15, 0.2) is 0 Å². The summed E-state index contributed by atoms with van der Waals surface area (Å²) in [5, 5.41) is 9.17. The van der Waals surface area contributed by atoms with E-state index < -0.39 is 39.9 Å². The van der Waals surface area contributed by atoms with Gasteiger partial charge in [-0.2, -0.15) is 17.5 Å². The van der Waals surface area contributed by atoms with E-state index in [1.807, 2.05) is 67.6 Å². The lowest BCUT2D eigenvalue weighted by atomic mass is 9.90. The van der Waals surface area contributed by atoms with Crippen molar-refractivity contribution in [2.24, 2.45) is 0 Å². The van der Waals surface area contributed by atoms with Crippen molar-refractivity contribution >= 4 is 27.6 Å². The fourth-order valence-electron chi connectivity index (χ4n) is 5.62. The van der Waals surface area contributed by atoms with Gasteiger partial charge in [-0.25, -0.2) is 8.42 Å². The number of benzene rings is 3. The lowest BCUT2D eigenvalue weighted by Crippen LogP contribution is -2.39. The number of halogens is 4. The van der Waals surface area contributed by atoms with Crippen LogP contribution in [0.4, 0.5) is 13.2 Å². The first-order valence-corrected chi connectivity index (χ1v) is 16.5. The first-order valence-electron chi connectivity index (χ1n) is 14.3. The summed E-state index contributed by atoms with van der Waals surface area (Å²) < 4.78 is 72.2. The van der Waals surface area contributed by atoms with Crippen molar-refractivity contribution in [1.29, 1.82) is 0 Å². The van der Waals surface area contributed by atoms with Gasteiger partial charge in [0.2, 0.25) is 10.0 Å². The maximum atomic E-state index is 13.7. The fourth-order valence-corrected chi connectivity index (χ4v) is 6.99. The Morgan fingerprint density at radius 3 is 2.14 bits per heavy atom. The highest BCUT2D eigenvalue weighted by Gasteiger charge is 2.42. The number of carbonyl (C=O) groups is 1. The lowest BCUT2D eigenvalue weighted by molar-refractivity contribution is -0.141. The van der Waals surface area contributed by atoms with Crippen molar-refractivity contribution in [1.82, 2.24) is 9.21 Å². The largest absolute Gasteiger partial charge is 0.480 e. The van der Waals surface area contributed by atoms with Crippen molar-refractivity contribution in [3.05, 3.63) is 106 Å². The van der Waals surface area contributed by atoms with Gasteiger partial charge < -0.3 is 9.84 Å². The van der Waals surface area contributed by atoms with E-state index in [0.29, 0.717) is 18.5 Å². The number of aliphatic carboxylic acids is 1. The zero-order valence-electron chi connectivity index (χ0n) is 24.5. The maximum Gasteiger partial charge on any atom is 0.417 e. The number of sulfonamides is 1. The Labute approximate surface area is 261 Å². The summed E-state index contributed by atoms with van der Waals surface area (Å²) in [6, 6.07) is 22.3. The molecule has 238 valence electrons. The number of carboxylic acids is 1. The second-order valence-electron chi connectivity index (χ2n) is 11.1. The molecule has 0 unspecified atom stereocenters. The molecule has 0 bridgehead atoms. The molecular formula is C32H36ClF3N2O5S. The summed E-state index contributed by atoms with van der Waals surface area (Å²) in [4.78, 5) is 13.7. The van der Waals surface area contributed by atoms with Gasteiger partial charge in [-0.15, -0.1) is 0 Å². The summed E-state index contributed by atoms with van der Waals surface area (Å²) in [6.07, 6.45) is -3.72. The molecule has 4 rings (SSSR count). The van der Waals surface area contributed by atoms with Gasteiger partial charge in [-0.05, 0) is 36.1 Å². The van der Waals surface area contributed by atoms with Crippen LogP contribution < -0.4 is 0 Å². The minimum absolute atomic E-state index is 0.0322. The molecule has 3 aromatic rings. The Balaban J connectivity index is 1.57. The lowest BCUT2D eigenvalue weighted by Gasteiger charge is -2.34. The third-order valence-electron chi connectivity index (χ3n) is 8.02. The topological polar surface area (TPSA) is 87.1 Å². The van der Waals surface area contributed by atoms with E-state index in [2.05, 4.69) is 4.90 Å². The average Bonchev–Trinajstić information content (AvgIpc) is 3.42. The van der Waals surface area contributed by atoms with E-state index in [-0.39, 0.29) is 43.1 Å². The molecule has 0 radical (unpaired) electrons. The highest BCUT2D eigenvalue weighted by molar-refractivity contribution is 7.88. The monoisotopic (exact) mass is 652 g/mol. The van der Waals surface area contributed by atoms with E-state index >= 15 is 0 Å². The van der Waals surface area contributed by atoms with E-state index in [1.165, 1.54) is 6.07 Å². The zero-order chi connectivity index (χ0) is 32.1. The van der Waals surface area contributed by atoms with Gasteiger partial charge in [0.05, 0.1) is 22.9 Å². The molecule has 1 aliphatic heterocycles. The molecule has 12 heteroatoms. The van der Waals surface area contributed by atoms with Crippen LogP contribution in [0.1, 0.15) is 47.9 Å². The van der Waals surface area contributed by atoms with Crippen molar-refractivity contribution < 1.29 is 36.2 Å². The number of hydrogen-bond donors (Lipinski definition) is 1. The average molecular weight is 653 g/mol. The second kappa shape index (κ2) is 14.4. The first-order chi connectivity index (χ1) is 20.8. The third kappa shape index (κ3) is 8.60. The molecule has 0 aromatic heterocycles.